The zero-order valence-electron chi connectivity index (χ0n) is 27.5. The molecule has 0 aliphatic rings. The van der Waals surface area contributed by atoms with Gasteiger partial charge in [0.25, 0.3) is 20.0 Å². The lowest BCUT2D eigenvalue weighted by Gasteiger charge is -2.31. The zero-order valence-corrected chi connectivity index (χ0v) is 29.2. The first-order chi connectivity index (χ1) is 22.6. The molecule has 0 unspecified atom stereocenters. The number of methoxy groups -OCH3 is 2. The first kappa shape index (κ1) is 36.0. The summed E-state index contributed by atoms with van der Waals surface area (Å²) >= 11 is 0. The highest BCUT2D eigenvalue weighted by Crippen LogP contribution is 2.38. The maximum absolute atomic E-state index is 14.3. The summed E-state index contributed by atoms with van der Waals surface area (Å²) < 4.78 is 79.2. The standard InChI is InChI=1S/C33H37N3O10S2/c1-8-45-31(37)22(2)35(47(39,40)25-17-13-23(43-6)14-18-25)30-28-12-10-9-11-27(28)29(21-34-30)36(32(38)46-33(3,4)5)48(41,42)26-19-15-24(44-7)16-20-26/h9-22H,8H2,1-7H3/t22-/m0/s1. The molecule has 4 aromatic rings. The molecule has 0 radical (unpaired) electrons. The highest BCUT2D eigenvalue weighted by molar-refractivity contribution is 7.93. The Labute approximate surface area is 280 Å². The fourth-order valence-corrected chi connectivity index (χ4v) is 7.62. The normalized spacial score (nSPS) is 12.6. The van der Waals surface area contributed by atoms with Crippen LogP contribution < -0.4 is 18.1 Å². The number of sulfonamides is 2. The highest BCUT2D eigenvalue weighted by Gasteiger charge is 2.39. The second-order valence-corrected chi connectivity index (χ2v) is 14.9. The minimum atomic E-state index is -4.65. The number of ether oxygens (including phenoxy) is 4. The van der Waals surface area contributed by atoms with Gasteiger partial charge in [0.05, 0.1) is 42.5 Å². The van der Waals surface area contributed by atoms with Crippen molar-refractivity contribution in [2.24, 2.45) is 0 Å². The van der Waals surface area contributed by atoms with Crippen LogP contribution in [0.3, 0.4) is 0 Å². The third-order valence-corrected chi connectivity index (χ3v) is 10.5. The monoisotopic (exact) mass is 699 g/mol. The number of hydrogen-bond acceptors (Lipinski definition) is 11. The molecule has 1 heterocycles. The molecule has 15 heteroatoms. The fourth-order valence-electron chi connectivity index (χ4n) is 4.71. The van der Waals surface area contributed by atoms with Crippen LogP contribution in [0, 0.1) is 0 Å². The van der Waals surface area contributed by atoms with Crippen molar-refractivity contribution in [2.45, 2.75) is 56.1 Å². The molecular formula is C33H37N3O10S2. The van der Waals surface area contributed by atoms with E-state index < -0.39 is 43.8 Å². The third kappa shape index (κ3) is 7.31. The van der Waals surface area contributed by atoms with Gasteiger partial charge in [-0.25, -0.2) is 35.7 Å². The molecule has 3 aromatic carbocycles. The smallest absolute Gasteiger partial charge is 0.429 e. The molecular weight excluding hydrogens is 663 g/mol. The fraction of sp³-hybridized carbons (Fsp3) is 0.303. The van der Waals surface area contributed by atoms with Crippen molar-refractivity contribution in [2.75, 3.05) is 29.4 Å². The zero-order chi connectivity index (χ0) is 35.4. The first-order valence-electron chi connectivity index (χ1n) is 14.7. The number of benzene rings is 3. The lowest BCUT2D eigenvalue weighted by Crippen LogP contribution is -2.45. The van der Waals surface area contributed by atoms with Crippen LogP contribution in [-0.2, 0) is 34.3 Å². The van der Waals surface area contributed by atoms with E-state index >= 15 is 0 Å². The summed E-state index contributed by atoms with van der Waals surface area (Å²) in [7, 11) is -6.29. The van der Waals surface area contributed by atoms with Crippen molar-refractivity contribution in [1.82, 2.24) is 4.98 Å². The molecule has 0 bridgehead atoms. The molecule has 1 aromatic heterocycles. The summed E-state index contributed by atoms with van der Waals surface area (Å²) in [6.45, 7) is 7.68. The van der Waals surface area contributed by atoms with Gasteiger partial charge in [-0.2, -0.15) is 4.31 Å². The molecule has 13 nitrogen and oxygen atoms in total. The Morgan fingerprint density at radius 2 is 1.29 bits per heavy atom. The molecule has 0 N–H and O–H groups in total. The SMILES string of the molecule is CCOC(=O)[C@H](C)N(c1ncc(N(C(=O)OC(C)(C)C)S(=O)(=O)c2ccc(OC)cc2)c2ccccc12)S(=O)(=O)c1ccc(OC)cc1. The molecule has 1 atom stereocenters. The van der Waals surface area contributed by atoms with Crippen molar-refractivity contribution in [3.05, 3.63) is 79.0 Å². The molecule has 0 spiro atoms. The van der Waals surface area contributed by atoms with Crippen LogP contribution in [0.25, 0.3) is 10.8 Å². The van der Waals surface area contributed by atoms with Gasteiger partial charge in [-0.05, 0) is 83.1 Å². The Kier molecular flexibility index (Phi) is 10.5. The average molecular weight is 700 g/mol. The summed E-state index contributed by atoms with van der Waals surface area (Å²) in [6, 6.07) is 15.7. The van der Waals surface area contributed by atoms with Crippen LogP contribution in [-0.4, -0.2) is 66.4 Å². The van der Waals surface area contributed by atoms with Gasteiger partial charge in [-0.1, -0.05) is 24.3 Å². The molecule has 0 aliphatic heterocycles. The van der Waals surface area contributed by atoms with Gasteiger partial charge < -0.3 is 18.9 Å². The van der Waals surface area contributed by atoms with Gasteiger partial charge in [-0.3, -0.25) is 0 Å². The molecule has 1 amide bonds. The summed E-state index contributed by atoms with van der Waals surface area (Å²) in [5.41, 5.74) is -1.31. The summed E-state index contributed by atoms with van der Waals surface area (Å²) in [5.74, 6) is -0.256. The van der Waals surface area contributed by atoms with Crippen molar-refractivity contribution in [3.63, 3.8) is 0 Å². The Morgan fingerprint density at radius 3 is 1.77 bits per heavy atom. The first-order valence-corrected chi connectivity index (χ1v) is 17.6. The summed E-state index contributed by atoms with van der Waals surface area (Å²) in [4.78, 5) is 30.8. The molecule has 0 fully saturated rings. The third-order valence-electron chi connectivity index (χ3n) is 6.93. The maximum Gasteiger partial charge on any atom is 0.429 e. The second kappa shape index (κ2) is 14.1. The molecule has 48 heavy (non-hydrogen) atoms. The molecule has 0 aliphatic carbocycles. The Balaban J connectivity index is 2.01. The van der Waals surface area contributed by atoms with E-state index in [1.54, 1.807) is 39.8 Å². The van der Waals surface area contributed by atoms with Crippen molar-refractivity contribution in [1.29, 1.82) is 0 Å². The predicted molar refractivity (Wildman–Crippen MR) is 179 cm³/mol. The average Bonchev–Trinajstić information content (AvgIpc) is 3.04. The Morgan fingerprint density at radius 1 is 0.792 bits per heavy atom. The Bertz CT molecular complexity index is 2010. The molecule has 256 valence electrons. The second-order valence-electron chi connectivity index (χ2n) is 11.3. The quantitative estimate of drug-likeness (QED) is 0.181. The van der Waals surface area contributed by atoms with E-state index in [2.05, 4.69) is 4.98 Å². The lowest BCUT2D eigenvalue weighted by atomic mass is 10.1. The summed E-state index contributed by atoms with van der Waals surface area (Å²) in [5, 5.41) is 0.234. The number of aromatic nitrogens is 1. The van der Waals surface area contributed by atoms with Gasteiger partial charge >= 0.3 is 12.1 Å². The van der Waals surface area contributed by atoms with Crippen LogP contribution in [0.1, 0.15) is 34.6 Å². The van der Waals surface area contributed by atoms with Crippen molar-refractivity contribution >= 4 is 54.4 Å². The van der Waals surface area contributed by atoms with Crippen LogP contribution in [0.4, 0.5) is 16.3 Å². The molecule has 4 rings (SSSR count). The number of fused-ring (bicyclic) bond motifs is 1. The van der Waals surface area contributed by atoms with Gasteiger partial charge in [0.15, 0.2) is 5.82 Å². The van der Waals surface area contributed by atoms with Gasteiger partial charge in [0.1, 0.15) is 23.1 Å². The maximum atomic E-state index is 14.3. The minimum Gasteiger partial charge on any atom is -0.497 e. The summed E-state index contributed by atoms with van der Waals surface area (Å²) in [6.07, 6.45) is -0.169. The largest absolute Gasteiger partial charge is 0.497 e. The number of nitrogens with zero attached hydrogens (tertiary/aromatic N) is 3. The van der Waals surface area contributed by atoms with E-state index in [1.807, 2.05) is 0 Å². The van der Waals surface area contributed by atoms with E-state index in [0.29, 0.717) is 15.8 Å². The number of carbonyl (C=O) groups excluding carboxylic acids is 2. The van der Waals surface area contributed by atoms with Crippen LogP contribution in [0.2, 0.25) is 0 Å². The van der Waals surface area contributed by atoms with Crippen LogP contribution >= 0.6 is 0 Å². The van der Waals surface area contributed by atoms with E-state index in [4.69, 9.17) is 18.9 Å². The van der Waals surface area contributed by atoms with Gasteiger partial charge in [-0.15, -0.1) is 0 Å². The number of pyridine rings is 1. The number of hydrogen-bond donors (Lipinski definition) is 0. The number of amides is 1. The number of rotatable bonds is 11. The molecule has 0 saturated carbocycles. The van der Waals surface area contributed by atoms with Gasteiger partial charge in [0.2, 0.25) is 0 Å². The number of anilines is 2. The van der Waals surface area contributed by atoms with Crippen LogP contribution in [0.15, 0.2) is 88.8 Å². The highest BCUT2D eigenvalue weighted by atomic mass is 32.2. The number of carbonyl (C=O) groups is 2. The van der Waals surface area contributed by atoms with E-state index in [9.17, 15) is 26.4 Å². The van der Waals surface area contributed by atoms with Crippen molar-refractivity contribution < 1.29 is 45.4 Å². The van der Waals surface area contributed by atoms with E-state index in [0.717, 1.165) is 10.5 Å². The number of esters is 1. The predicted octanol–water partition coefficient (Wildman–Crippen LogP) is 5.53. The Hall–Kier alpha value is -4.89. The van der Waals surface area contributed by atoms with E-state index in [1.165, 1.54) is 81.8 Å². The van der Waals surface area contributed by atoms with Gasteiger partial charge in [0, 0.05) is 10.8 Å². The van der Waals surface area contributed by atoms with E-state index in [-0.39, 0.29) is 38.7 Å². The minimum absolute atomic E-state index is 0.0131. The molecule has 0 saturated heterocycles. The van der Waals surface area contributed by atoms with Crippen LogP contribution in [0.5, 0.6) is 11.5 Å². The topological polar surface area (TPSA) is 159 Å². The lowest BCUT2D eigenvalue weighted by molar-refractivity contribution is -0.144. The van der Waals surface area contributed by atoms with Crippen molar-refractivity contribution in [3.8, 4) is 11.5 Å².